The van der Waals surface area contributed by atoms with E-state index in [0.717, 1.165) is 16.8 Å². The molecule has 1 atom stereocenters. The number of para-hydroxylation sites is 1. The van der Waals surface area contributed by atoms with E-state index in [1.54, 1.807) is 10.9 Å². The Morgan fingerprint density at radius 2 is 1.43 bits per heavy atom. The summed E-state index contributed by atoms with van der Waals surface area (Å²) in [5.74, 6) is -1.19. The van der Waals surface area contributed by atoms with Crippen molar-refractivity contribution in [2.45, 2.75) is 12.3 Å². The second-order valence-corrected chi connectivity index (χ2v) is 8.63. The van der Waals surface area contributed by atoms with Gasteiger partial charge < -0.3 is 9.79 Å². The van der Waals surface area contributed by atoms with Crippen LogP contribution in [-0.4, -0.2) is 19.6 Å². The zero-order chi connectivity index (χ0) is 21.0. The third-order valence-electron chi connectivity index (χ3n) is 4.78. The van der Waals surface area contributed by atoms with Crippen molar-refractivity contribution in [2.75, 3.05) is 0 Å². The minimum absolute atomic E-state index is 0.321. The first-order valence-corrected chi connectivity index (χ1v) is 11.2. The standard InChI is InChI=1S/C23H22N3O3P/c27-30(28,29)23(24-16-18-10-4-1-5-11-18)21-17-26(20-14-8-3-9-15-20)25-22(21)19-12-6-2-7-13-19/h1-15,17,23-24H,16H2,(H2,27,28,29). The van der Waals surface area contributed by atoms with Crippen LogP contribution >= 0.6 is 7.60 Å². The summed E-state index contributed by atoms with van der Waals surface area (Å²) in [6, 6.07) is 28.4. The summed E-state index contributed by atoms with van der Waals surface area (Å²) in [6.07, 6.45) is 1.69. The fourth-order valence-corrected chi connectivity index (χ4v) is 4.22. The molecule has 0 radical (unpaired) electrons. The molecule has 0 spiro atoms. The van der Waals surface area contributed by atoms with Gasteiger partial charge in [-0.2, -0.15) is 5.10 Å². The first kappa shape index (κ1) is 20.3. The summed E-state index contributed by atoms with van der Waals surface area (Å²) in [5, 5.41) is 7.72. The molecule has 0 saturated heterocycles. The van der Waals surface area contributed by atoms with Crippen molar-refractivity contribution >= 4 is 7.60 Å². The largest absolute Gasteiger partial charge is 0.346 e. The van der Waals surface area contributed by atoms with Crippen molar-refractivity contribution in [3.63, 3.8) is 0 Å². The molecule has 0 aliphatic rings. The topological polar surface area (TPSA) is 87.4 Å². The highest BCUT2D eigenvalue weighted by Crippen LogP contribution is 2.52. The van der Waals surface area contributed by atoms with E-state index in [4.69, 9.17) is 0 Å². The highest BCUT2D eigenvalue weighted by molar-refractivity contribution is 7.52. The molecule has 0 amide bonds. The van der Waals surface area contributed by atoms with Crippen LogP contribution < -0.4 is 5.32 Å². The van der Waals surface area contributed by atoms with Crippen molar-refractivity contribution in [3.05, 3.63) is 108 Å². The number of rotatable bonds is 7. The second-order valence-electron chi connectivity index (χ2n) is 6.94. The van der Waals surface area contributed by atoms with Crippen LogP contribution in [-0.2, 0) is 11.1 Å². The van der Waals surface area contributed by atoms with E-state index in [2.05, 4.69) is 10.4 Å². The van der Waals surface area contributed by atoms with Gasteiger partial charge in [-0.1, -0.05) is 78.9 Å². The van der Waals surface area contributed by atoms with Crippen LogP contribution in [0.25, 0.3) is 16.9 Å². The Labute approximate surface area is 175 Å². The number of aromatic nitrogens is 2. The molecule has 6 nitrogen and oxygen atoms in total. The smallest absolute Gasteiger partial charge is 0.323 e. The Kier molecular flexibility index (Phi) is 5.93. The Balaban J connectivity index is 1.78. The molecule has 4 rings (SSSR count). The van der Waals surface area contributed by atoms with E-state index in [0.29, 0.717) is 17.8 Å². The molecular formula is C23H22N3O3P. The third-order valence-corrected chi connectivity index (χ3v) is 5.92. The molecule has 1 heterocycles. The maximum absolute atomic E-state index is 12.5. The Hall–Kier alpha value is -3.02. The fourth-order valence-electron chi connectivity index (χ4n) is 3.34. The highest BCUT2D eigenvalue weighted by atomic mass is 31.2. The Morgan fingerprint density at radius 3 is 2.03 bits per heavy atom. The Morgan fingerprint density at radius 1 is 0.867 bits per heavy atom. The van der Waals surface area contributed by atoms with Crippen molar-refractivity contribution < 1.29 is 14.4 Å². The predicted molar refractivity (Wildman–Crippen MR) is 117 cm³/mol. The first-order chi connectivity index (χ1) is 14.5. The minimum atomic E-state index is -4.52. The number of hydrogen-bond donors (Lipinski definition) is 3. The lowest BCUT2D eigenvalue weighted by molar-refractivity contribution is 0.347. The lowest BCUT2D eigenvalue weighted by Crippen LogP contribution is -2.21. The molecule has 30 heavy (non-hydrogen) atoms. The number of nitrogens with zero attached hydrogens (tertiary/aromatic N) is 2. The molecule has 4 aromatic rings. The predicted octanol–water partition coefficient (Wildman–Crippen LogP) is 4.51. The average molecular weight is 419 g/mol. The summed E-state index contributed by atoms with van der Waals surface area (Å²) < 4.78 is 14.1. The molecule has 1 unspecified atom stereocenters. The van der Waals surface area contributed by atoms with Crippen molar-refractivity contribution in [1.29, 1.82) is 0 Å². The lowest BCUT2D eigenvalue weighted by Gasteiger charge is -2.20. The van der Waals surface area contributed by atoms with Gasteiger partial charge in [0, 0.05) is 23.9 Å². The van der Waals surface area contributed by atoms with Crippen molar-refractivity contribution in [3.8, 4) is 16.9 Å². The number of nitrogens with one attached hydrogen (secondary N) is 1. The van der Waals surface area contributed by atoms with Gasteiger partial charge in [0.2, 0.25) is 0 Å². The summed E-state index contributed by atoms with van der Waals surface area (Å²) in [7, 11) is -4.52. The van der Waals surface area contributed by atoms with E-state index >= 15 is 0 Å². The number of hydrogen-bond acceptors (Lipinski definition) is 3. The van der Waals surface area contributed by atoms with Gasteiger partial charge in [-0.05, 0) is 17.7 Å². The fraction of sp³-hybridized carbons (Fsp3) is 0.0870. The first-order valence-electron chi connectivity index (χ1n) is 9.55. The molecule has 152 valence electrons. The summed E-state index contributed by atoms with van der Waals surface area (Å²) >= 11 is 0. The van der Waals surface area contributed by atoms with Crippen LogP contribution in [0.1, 0.15) is 16.9 Å². The maximum atomic E-state index is 12.5. The lowest BCUT2D eigenvalue weighted by atomic mass is 10.1. The molecule has 0 aliphatic heterocycles. The van der Waals surface area contributed by atoms with Gasteiger partial charge in [0.05, 0.1) is 11.4 Å². The van der Waals surface area contributed by atoms with E-state index in [9.17, 15) is 14.4 Å². The van der Waals surface area contributed by atoms with Crippen LogP contribution in [0.3, 0.4) is 0 Å². The monoisotopic (exact) mass is 419 g/mol. The van der Waals surface area contributed by atoms with Crippen LogP contribution in [0.4, 0.5) is 0 Å². The van der Waals surface area contributed by atoms with Crippen LogP contribution in [0, 0.1) is 0 Å². The normalized spacial score (nSPS) is 12.6. The van der Waals surface area contributed by atoms with E-state index in [1.807, 2.05) is 91.0 Å². The Bertz CT molecular complexity index is 1140. The van der Waals surface area contributed by atoms with E-state index in [-0.39, 0.29) is 0 Å². The molecule has 0 fully saturated rings. The summed E-state index contributed by atoms with van der Waals surface area (Å²) in [5.41, 5.74) is 3.53. The van der Waals surface area contributed by atoms with Gasteiger partial charge in [0.1, 0.15) is 5.78 Å². The maximum Gasteiger partial charge on any atom is 0.346 e. The minimum Gasteiger partial charge on any atom is -0.323 e. The second kappa shape index (κ2) is 8.78. The van der Waals surface area contributed by atoms with E-state index < -0.39 is 13.4 Å². The van der Waals surface area contributed by atoms with Crippen molar-refractivity contribution in [1.82, 2.24) is 15.1 Å². The summed E-state index contributed by atoms with van der Waals surface area (Å²) in [6.45, 7) is 0.321. The number of benzene rings is 3. The van der Waals surface area contributed by atoms with Crippen LogP contribution in [0.2, 0.25) is 0 Å². The van der Waals surface area contributed by atoms with Gasteiger partial charge >= 0.3 is 7.60 Å². The summed E-state index contributed by atoms with van der Waals surface area (Å²) in [4.78, 5) is 20.3. The zero-order valence-corrected chi connectivity index (χ0v) is 17.1. The van der Waals surface area contributed by atoms with Crippen molar-refractivity contribution in [2.24, 2.45) is 0 Å². The molecule has 0 bridgehead atoms. The molecule has 3 aromatic carbocycles. The van der Waals surface area contributed by atoms with Crippen LogP contribution in [0.15, 0.2) is 97.2 Å². The quantitative estimate of drug-likeness (QED) is 0.384. The van der Waals surface area contributed by atoms with Gasteiger partial charge in [0.25, 0.3) is 0 Å². The average Bonchev–Trinajstić information content (AvgIpc) is 3.20. The zero-order valence-electron chi connectivity index (χ0n) is 16.2. The van der Waals surface area contributed by atoms with Gasteiger partial charge in [-0.25, -0.2) is 4.68 Å². The molecule has 3 N–H and O–H groups in total. The van der Waals surface area contributed by atoms with E-state index in [1.165, 1.54) is 0 Å². The van der Waals surface area contributed by atoms with Gasteiger partial charge in [-0.15, -0.1) is 0 Å². The SMILES string of the molecule is O=P(O)(O)C(NCc1ccccc1)c1cn(-c2ccccc2)nc1-c1ccccc1. The molecule has 0 aliphatic carbocycles. The molecule has 7 heteroatoms. The third kappa shape index (κ3) is 4.58. The molecule has 1 aromatic heterocycles. The highest BCUT2D eigenvalue weighted by Gasteiger charge is 2.34. The van der Waals surface area contributed by atoms with Gasteiger partial charge in [-0.3, -0.25) is 9.88 Å². The molecular weight excluding hydrogens is 397 g/mol. The molecule has 0 saturated carbocycles. The van der Waals surface area contributed by atoms with Crippen LogP contribution in [0.5, 0.6) is 0 Å². The van der Waals surface area contributed by atoms with Gasteiger partial charge in [0.15, 0.2) is 0 Å².